The van der Waals surface area contributed by atoms with Crippen LogP contribution in [-0.2, 0) is 4.79 Å². The number of rotatable bonds is 6. The average Bonchev–Trinajstić information content (AvgIpc) is 3.07. The number of thioether (sulfide) groups is 1. The number of carbonyl (C=O) groups excluding carboxylic acids is 2. The average molecular weight is 352 g/mol. The Labute approximate surface area is 141 Å². The Kier molecular flexibility index (Phi) is 4.67. The molecule has 0 atom stereocenters. The van der Waals surface area contributed by atoms with Crippen LogP contribution in [0.1, 0.15) is 34.7 Å². The summed E-state index contributed by atoms with van der Waals surface area (Å²) in [6.07, 6.45) is 2.14. The van der Waals surface area contributed by atoms with Gasteiger partial charge >= 0.3 is 0 Å². The molecule has 1 aliphatic rings. The lowest BCUT2D eigenvalue weighted by molar-refractivity contribution is -0.118. The third kappa shape index (κ3) is 4.32. The third-order valence-corrected chi connectivity index (χ3v) is 5.15. The SMILES string of the molecule is Cc1cc(C(=O)Nc2nnc(SCC(=O)NC3CC3)s2)c(C)o1. The van der Waals surface area contributed by atoms with E-state index in [-0.39, 0.29) is 11.8 Å². The third-order valence-electron chi connectivity index (χ3n) is 3.18. The van der Waals surface area contributed by atoms with Crippen LogP contribution < -0.4 is 10.6 Å². The number of aromatic nitrogens is 2. The van der Waals surface area contributed by atoms with E-state index in [1.54, 1.807) is 19.9 Å². The highest BCUT2D eigenvalue weighted by atomic mass is 32.2. The van der Waals surface area contributed by atoms with Crippen molar-refractivity contribution in [2.24, 2.45) is 0 Å². The topological polar surface area (TPSA) is 97.1 Å². The number of aryl methyl sites for hydroxylation is 2. The Morgan fingerprint density at radius 3 is 2.83 bits per heavy atom. The maximum absolute atomic E-state index is 12.1. The molecule has 0 saturated heterocycles. The molecule has 2 heterocycles. The second kappa shape index (κ2) is 6.71. The van der Waals surface area contributed by atoms with Crippen molar-refractivity contribution in [1.29, 1.82) is 0 Å². The number of anilines is 1. The molecule has 0 unspecified atom stereocenters. The van der Waals surface area contributed by atoms with E-state index < -0.39 is 0 Å². The molecule has 2 aromatic rings. The molecule has 0 aromatic carbocycles. The number of nitrogens with zero attached hydrogens (tertiary/aromatic N) is 2. The summed E-state index contributed by atoms with van der Waals surface area (Å²) in [6.45, 7) is 3.53. The first kappa shape index (κ1) is 16.0. The molecular weight excluding hydrogens is 336 g/mol. The van der Waals surface area contributed by atoms with E-state index in [0.29, 0.717) is 38.3 Å². The quantitative estimate of drug-likeness (QED) is 0.612. The minimum atomic E-state index is -0.279. The summed E-state index contributed by atoms with van der Waals surface area (Å²) in [7, 11) is 0. The van der Waals surface area contributed by atoms with Crippen LogP contribution in [0.2, 0.25) is 0 Å². The van der Waals surface area contributed by atoms with Crippen molar-refractivity contribution < 1.29 is 14.0 Å². The van der Waals surface area contributed by atoms with Crippen LogP contribution in [-0.4, -0.2) is 33.8 Å². The number of nitrogens with one attached hydrogen (secondary N) is 2. The van der Waals surface area contributed by atoms with Crippen LogP contribution >= 0.6 is 23.1 Å². The molecule has 0 radical (unpaired) electrons. The Hall–Kier alpha value is -1.87. The predicted octanol–water partition coefficient (Wildman–Crippen LogP) is 2.37. The lowest BCUT2D eigenvalue weighted by Gasteiger charge is -2.00. The van der Waals surface area contributed by atoms with E-state index in [1.165, 1.54) is 23.1 Å². The summed E-state index contributed by atoms with van der Waals surface area (Å²) in [5.41, 5.74) is 0.482. The summed E-state index contributed by atoms with van der Waals surface area (Å²) >= 11 is 2.56. The van der Waals surface area contributed by atoms with Gasteiger partial charge < -0.3 is 9.73 Å². The first-order valence-electron chi connectivity index (χ1n) is 7.15. The minimum absolute atomic E-state index is 0.00258. The number of hydrogen-bond donors (Lipinski definition) is 2. The van der Waals surface area contributed by atoms with Gasteiger partial charge in [-0.25, -0.2) is 0 Å². The molecule has 23 heavy (non-hydrogen) atoms. The molecule has 3 rings (SSSR count). The molecule has 0 bridgehead atoms. The highest BCUT2D eigenvalue weighted by molar-refractivity contribution is 8.01. The van der Waals surface area contributed by atoms with Crippen LogP contribution in [0.25, 0.3) is 0 Å². The Morgan fingerprint density at radius 2 is 2.17 bits per heavy atom. The molecule has 0 spiro atoms. The number of amides is 2. The van der Waals surface area contributed by atoms with Crippen molar-refractivity contribution in [3.63, 3.8) is 0 Å². The fourth-order valence-electron chi connectivity index (χ4n) is 1.96. The molecule has 1 fully saturated rings. The van der Waals surface area contributed by atoms with E-state index in [0.717, 1.165) is 12.8 Å². The van der Waals surface area contributed by atoms with Crippen molar-refractivity contribution >= 4 is 40.0 Å². The molecular formula is C14H16N4O3S2. The predicted molar refractivity (Wildman–Crippen MR) is 87.9 cm³/mol. The van der Waals surface area contributed by atoms with Crippen LogP contribution in [0.5, 0.6) is 0 Å². The van der Waals surface area contributed by atoms with Crippen molar-refractivity contribution in [2.45, 2.75) is 37.1 Å². The van der Waals surface area contributed by atoms with E-state index in [1.807, 2.05) is 0 Å². The van der Waals surface area contributed by atoms with Crippen molar-refractivity contribution in [1.82, 2.24) is 15.5 Å². The van der Waals surface area contributed by atoms with Gasteiger partial charge in [0.25, 0.3) is 5.91 Å². The lowest BCUT2D eigenvalue weighted by atomic mass is 10.2. The molecule has 9 heteroatoms. The summed E-state index contributed by atoms with van der Waals surface area (Å²) in [5.74, 6) is 1.28. The van der Waals surface area contributed by atoms with Crippen LogP contribution in [0, 0.1) is 13.8 Å². The van der Waals surface area contributed by atoms with Gasteiger partial charge in [-0.1, -0.05) is 23.1 Å². The zero-order valence-electron chi connectivity index (χ0n) is 12.7. The smallest absolute Gasteiger partial charge is 0.261 e. The minimum Gasteiger partial charge on any atom is -0.466 e. The maximum Gasteiger partial charge on any atom is 0.261 e. The van der Waals surface area contributed by atoms with Crippen molar-refractivity contribution in [3.05, 3.63) is 23.2 Å². The lowest BCUT2D eigenvalue weighted by Crippen LogP contribution is -2.26. The summed E-state index contributed by atoms with van der Waals surface area (Å²) in [5, 5.41) is 13.9. The van der Waals surface area contributed by atoms with Crippen molar-refractivity contribution in [2.75, 3.05) is 11.1 Å². The van der Waals surface area contributed by atoms with Gasteiger partial charge in [0, 0.05) is 6.04 Å². The van der Waals surface area contributed by atoms with Gasteiger partial charge in [0.05, 0.1) is 11.3 Å². The molecule has 122 valence electrons. The van der Waals surface area contributed by atoms with Gasteiger partial charge in [0.2, 0.25) is 11.0 Å². The Morgan fingerprint density at radius 1 is 1.39 bits per heavy atom. The number of hydrogen-bond acceptors (Lipinski definition) is 7. The van der Waals surface area contributed by atoms with E-state index >= 15 is 0 Å². The van der Waals surface area contributed by atoms with Crippen LogP contribution in [0.15, 0.2) is 14.8 Å². The monoisotopic (exact) mass is 352 g/mol. The first-order chi connectivity index (χ1) is 11.0. The fraction of sp³-hybridized carbons (Fsp3) is 0.429. The number of carbonyl (C=O) groups is 2. The van der Waals surface area contributed by atoms with Crippen LogP contribution in [0.4, 0.5) is 5.13 Å². The largest absolute Gasteiger partial charge is 0.466 e. The van der Waals surface area contributed by atoms with Gasteiger partial charge in [0.15, 0.2) is 4.34 Å². The standard InChI is InChI=1S/C14H16N4O3S2/c1-7-5-10(8(2)21-7)12(20)16-13-17-18-14(23-13)22-6-11(19)15-9-3-4-9/h5,9H,3-4,6H2,1-2H3,(H,15,19)(H,16,17,20). The molecule has 2 N–H and O–H groups in total. The summed E-state index contributed by atoms with van der Waals surface area (Å²) in [4.78, 5) is 23.8. The van der Waals surface area contributed by atoms with Crippen molar-refractivity contribution in [3.8, 4) is 0 Å². The number of furan rings is 1. The molecule has 1 saturated carbocycles. The maximum atomic E-state index is 12.1. The van der Waals surface area contributed by atoms with Gasteiger partial charge in [-0.3, -0.25) is 14.9 Å². The molecule has 2 aromatic heterocycles. The van der Waals surface area contributed by atoms with E-state index in [2.05, 4.69) is 20.8 Å². The Bertz CT molecular complexity index is 736. The van der Waals surface area contributed by atoms with Gasteiger partial charge in [0.1, 0.15) is 11.5 Å². The Balaban J connectivity index is 1.53. The van der Waals surface area contributed by atoms with Gasteiger partial charge in [-0.15, -0.1) is 10.2 Å². The normalized spacial score (nSPS) is 13.8. The zero-order valence-corrected chi connectivity index (χ0v) is 14.3. The second-order valence-electron chi connectivity index (χ2n) is 5.28. The highest BCUT2D eigenvalue weighted by Crippen LogP contribution is 2.26. The van der Waals surface area contributed by atoms with E-state index in [4.69, 9.17) is 4.42 Å². The zero-order chi connectivity index (χ0) is 16.4. The molecule has 7 nitrogen and oxygen atoms in total. The summed E-state index contributed by atoms with van der Waals surface area (Å²) in [6, 6.07) is 2.04. The van der Waals surface area contributed by atoms with E-state index in [9.17, 15) is 9.59 Å². The molecule has 1 aliphatic carbocycles. The van der Waals surface area contributed by atoms with Gasteiger partial charge in [-0.05, 0) is 32.8 Å². The van der Waals surface area contributed by atoms with Gasteiger partial charge in [-0.2, -0.15) is 0 Å². The van der Waals surface area contributed by atoms with Crippen LogP contribution in [0.3, 0.4) is 0 Å². The molecule has 2 amide bonds. The highest BCUT2D eigenvalue weighted by Gasteiger charge is 2.23. The molecule has 0 aliphatic heterocycles. The first-order valence-corrected chi connectivity index (χ1v) is 8.95. The summed E-state index contributed by atoms with van der Waals surface area (Å²) < 4.78 is 5.98. The fourth-order valence-corrected chi connectivity index (χ4v) is 3.52. The second-order valence-corrected chi connectivity index (χ2v) is 7.48.